The predicted molar refractivity (Wildman–Crippen MR) is 78.8 cm³/mol. The summed E-state index contributed by atoms with van der Waals surface area (Å²) in [6, 6.07) is 5.63. The lowest BCUT2D eigenvalue weighted by molar-refractivity contribution is -0.131. The van der Waals surface area contributed by atoms with Crippen molar-refractivity contribution < 1.29 is 9.90 Å². The lowest BCUT2D eigenvalue weighted by Gasteiger charge is -2.35. The molecule has 1 aliphatic heterocycles. The van der Waals surface area contributed by atoms with E-state index < -0.39 is 5.97 Å². The molecule has 0 atom stereocenters. The zero-order chi connectivity index (χ0) is 14.0. The summed E-state index contributed by atoms with van der Waals surface area (Å²) in [6.45, 7) is 5.40. The normalized spacial score (nSPS) is 18.2. The summed E-state index contributed by atoms with van der Waals surface area (Å²) in [5.41, 5.74) is 1.99. The van der Waals surface area contributed by atoms with Crippen LogP contribution in [0.2, 0.25) is 5.02 Å². The zero-order valence-corrected chi connectivity index (χ0v) is 11.9. The van der Waals surface area contributed by atoms with Crippen LogP contribution in [0.25, 0.3) is 6.08 Å². The number of benzene rings is 1. The number of aliphatic carboxylic acids is 1. The number of anilines is 1. The molecule has 1 aromatic rings. The molecule has 1 N–H and O–H groups in total. The number of hydrogen-bond acceptors (Lipinski definition) is 2. The van der Waals surface area contributed by atoms with E-state index in [2.05, 4.69) is 18.7 Å². The van der Waals surface area contributed by atoms with Crippen LogP contribution in [0.5, 0.6) is 0 Å². The van der Waals surface area contributed by atoms with E-state index >= 15 is 0 Å². The van der Waals surface area contributed by atoms with Gasteiger partial charge in [0.25, 0.3) is 0 Å². The number of halogens is 1. The van der Waals surface area contributed by atoms with E-state index in [4.69, 9.17) is 16.7 Å². The number of nitrogens with zero attached hydrogens (tertiary/aromatic N) is 1. The molecule has 0 radical (unpaired) electrons. The average Bonchev–Trinajstić information content (AvgIpc) is 2.66. The highest BCUT2D eigenvalue weighted by atomic mass is 35.5. The Morgan fingerprint density at radius 2 is 2.21 bits per heavy atom. The highest BCUT2D eigenvalue weighted by Gasteiger charge is 2.32. The van der Waals surface area contributed by atoms with Crippen LogP contribution in [0.3, 0.4) is 0 Å². The first kappa shape index (κ1) is 13.9. The summed E-state index contributed by atoms with van der Waals surface area (Å²) in [6.07, 6.45) is 5.05. The molecule has 19 heavy (non-hydrogen) atoms. The van der Waals surface area contributed by atoms with E-state index in [1.54, 1.807) is 6.08 Å². The van der Waals surface area contributed by atoms with Crippen LogP contribution in [0.4, 0.5) is 5.69 Å². The van der Waals surface area contributed by atoms with Crippen LogP contribution in [0, 0.1) is 0 Å². The molecule has 1 heterocycles. The predicted octanol–water partition coefficient (Wildman–Crippen LogP) is 3.82. The Hall–Kier alpha value is -1.48. The quantitative estimate of drug-likeness (QED) is 0.855. The molecule has 3 nitrogen and oxygen atoms in total. The molecule has 1 aromatic carbocycles. The van der Waals surface area contributed by atoms with Crippen LogP contribution < -0.4 is 4.90 Å². The fourth-order valence-corrected chi connectivity index (χ4v) is 2.80. The smallest absolute Gasteiger partial charge is 0.328 e. The van der Waals surface area contributed by atoms with Crippen molar-refractivity contribution in [3.05, 3.63) is 34.9 Å². The Morgan fingerprint density at radius 1 is 1.47 bits per heavy atom. The second-order valence-corrected chi connectivity index (χ2v) is 5.88. The molecule has 0 aromatic heterocycles. The van der Waals surface area contributed by atoms with Crippen molar-refractivity contribution in [3.8, 4) is 0 Å². The Labute approximate surface area is 118 Å². The summed E-state index contributed by atoms with van der Waals surface area (Å²) in [4.78, 5) is 13.0. The molecular formula is C15H18ClNO2. The third-order valence-electron chi connectivity index (χ3n) is 3.59. The van der Waals surface area contributed by atoms with Crippen LogP contribution in [0.15, 0.2) is 24.3 Å². The zero-order valence-electron chi connectivity index (χ0n) is 11.2. The Kier molecular flexibility index (Phi) is 3.85. The monoisotopic (exact) mass is 279 g/mol. The van der Waals surface area contributed by atoms with Crippen molar-refractivity contribution in [1.82, 2.24) is 0 Å². The summed E-state index contributed by atoms with van der Waals surface area (Å²) in [5, 5.41) is 9.39. The van der Waals surface area contributed by atoms with Crippen LogP contribution in [-0.2, 0) is 4.79 Å². The van der Waals surface area contributed by atoms with Crippen LogP contribution >= 0.6 is 11.6 Å². The van der Waals surface area contributed by atoms with Gasteiger partial charge in [-0.05, 0) is 56.5 Å². The molecule has 102 valence electrons. The molecule has 1 aliphatic rings. The number of carboxylic acids is 1. The molecule has 4 heteroatoms. The van der Waals surface area contributed by atoms with E-state index in [0.717, 1.165) is 36.7 Å². The lowest BCUT2D eigenvalue weighted by Crippen LogP contribution is -2.38. The topological polar surface area (TPSA) is 40.5 Å². The molecule has 0 unspecified atom stereocenters. The van der Waals surface area contributed by atoms with Crippen molar-refractivity contribution in [2.24, 2.45) is 0 Å². The minimum absolute atomic E-state index is 0.0969. The molecule has 0 bridgehead atoms. The van der Waals surface area contributed by atoms with Crippen molar-refractivity contribution in [2.45, 2.75) is 32.2 Å². The molecular weight excluding hydrogens is 262 g/mol. The van der Waals surface area contributed by atoms with E-state index in [1.165, 1.54) is 0 Å². The van der Waals surface area contributed by atoms with Gasteiger partial charge in [-0.25, -0.2) is 4.79 Å². The number of rotatable bonds is 3. The highest BCUT2D eigenvalue weighted by Crippen LogP contribution is 2.36. The largest absolute Gasteiger partial charge is 0.478 e. The van der Waals surface area contributed by atoms with E-state index in [-0.39, 0.29) is 5.54 Å². The maximum Gasteiger partial charge on any atom is 0.328 e. The van der Waals surface area contributed by atoms with Gasteiger partial charge in [0.1, 0.15) is 0 Å². The molecule has 0 saturated carbocycles. The van der Waals surface area contributed by atoms with Crippen molar-refractivity contribution in [2.75, 3.05) is 11.4 Å². The van der Waals surface area contributed by atoms with Crippen molar-refractivity contribution >= 4 is 29.3 Å². The van der Waals surface area contributed by atoms with Gasteiger partial charge >= 0.3 is 5.97 Å². The Morgan fingerprint density at radius 3 is 2.79 bits per heavy atom. The second-order valence-electron chi connectivity index (χ2n) is 5.44. The minimum Gasteiger partial charge on any atom is -0.478 e. The molecule has 1 saturated heterocycles. The standard InChI is InChI=1S/C15H18ClNO2/c1-15(2)8-3-9-17(15)13-6-5-12(16)10-11(13)4-7-14(18)19/h4-7,10H,3,8-9H2,1-2H3,(H,18,19)/b7-4+. The first-order valence-electron chi connectivity index (χ1n) is 6.38. The fourth-order valence-electron chi connectivity index (χ4n) is 2.62. The summed E-state index contributed by atoms with van der Waals surface area (Å²) in [7, 11) is 0. The van der Waals surface area contributed by atoms with Gasteiger partial charge in [0.05, 0.1) is 0 Å². The second kappa shape index (κ2) is 5.25. The maximum absolute atomic E-state index is 10.7. The van der Waals surface area contributed by atoms with Gasteiger partial charge in [-0.3, -0.25) is 0 Å². The van der Waals surface area contributed by atoms with Gasteiger partial charge in [0.2, 0.25) is 0 Å². The van der Waals surface area contributed by atoms with Crippen LogP contribution in [-0.4, -0.2) is 23.2 Å². The Balaban J connectivity index is 2.42. The minimum atomic E-state index is -0.952. The molecule has 0 spiro atoms. The van der Waals surface area contributed by atoms with Gasteiger partial charge in [-0.2, -0.15) is 0 Å². The van der Waals surface area contributed by atoms with Crippen molar-refractivity contribution in [3.63, 3.8) is 0 Å². The molecule has 1 fully saturated rings. The van der Waals surface area contributed by atoms with Gasteiger partial charge in [0, 0.05) is 28.9 Å². The van der Waals surface area contributed by atoms with E-state index in [9.17, 15) is 4.79 Å². The first-order valence-corrected chi connectivity index (χ1v) is 6.76. The summed E-state index contributed by atoms with van der Waals surface area (Å²) < 4.78 is 0. The molecule has 0 amide bonds. The van der Waals surface area contributed by atoms with Crippen molar-refractivity contribution in [1.29, 1.82) is 0 Å². The highest BCUT2D eigenvalue weighted by molar-refractivity contribution is 6.30. The SMILES string of the molecule is CC1(C)CCCN1c1ccc(Cl)cc1/C=C/C(=O)O. The van der Waals surface area contributed by atoms with Crippen LogP contribution in [0.1, 0.15) is 32.3 Å². The van der Waals surface area contributed by atoms with Gasteiger partial charge in [0.15, 0.2) is 0 Å². The van der Waals surface area contributed by atoms with Gasteiger partial charge in [-0.15, -0.1) is 0 Å². The molecule has 2 rings (SSSR count). The average molecular weight is 280 g/mol. The van der Waals surface area contributed by atoms with Gasteiger partial charge < -0.3 is 10.0 Å². The fraction of sp³-hybridized carbons (Fsp3) is 0.400. The number of carbonyl (C=O) groups is 1. The maximum atomic E-state index is 10.7. The van der Waals surface area contributed by atoms with E-state index in [1.807, 2.05) is 18.2 Å². The Bertz CT molecular complexity index is 523. The van der Waals surface area contributed by atoms with E-state index in [0.29, 0.717) is 5.02 Å². The lowest BCUT2D eigenvalue weighted by atomic mass is 10.0. The summed E-state index contributed by atoms with van der Waals surface area (Å²) in [5.74, 6) is -0.952. The van der Waals surface area contributed by atoms with Gasteiger partial charge in [-0.1, -0.05) is 11.6 Å². The third-order valence-corrected chi connectivity index (χ3v) is 3.82. The summed E-state index contributed by atoms with van der Waals surface area (Å²) >= 11 is 6.01. The number of hydrogen-bond donors (Lipinski definition) is 1. The third kappa shape index (κ3) is 3.10. The first-order chi connectivity index (χ1) is 8.90. The number of carboxylic acid groups (broad SMARTS) is 1. The molecule has 0 aliphatic carbocycles.